The standard InChI is InChI=1S/C30H25N3S3/c31-28-25-23-19-24(21-14-6-2-7-15-21)35-26(22-16-8-3-9-17-22)27(23)36-29(25)33-30(32-28)34-18-10-13-20-11-4-1-5-12-20/h1-17,24,26H,18-19H2,(H2,31,32,33)/b13-10+. The summed E-state index contributed by atoms with van der Waals surface area (Å²) in [6.07, 6.45) is 5.22. The minimum Gasteiger partial charge on any atom is -0.383 e. The van der Waals surface area contributed by atoms with E-state index in [0.717, 1.165) is 27.5 Å². The molecule has 0 saturated heterocycles. The van der Waals surface area contributed by atoms with Crippen LogP contribution < -0.4 is 5.73 Å². The van der Waals surface area contributed by atoms with Crippen LogP contribution in [-0.4, -0.2) is 15.7 Å². The zero-order valence-electron chi connectivity index (χ0n) is 19.6. The van der Waals surface area contributed by atoms with E-state index in [0.29, 0.717) is 11.1 Å². The highest BCUT2D eigenvalue weighted by Crippen LogP contribution is 2.55. The number of rotatable bonds is 6. The smallest absolute Gasteiger partial charge is 0.191 e. The van der Waals surface area contributed by atoms with Gasteiger partial charge in [0.1, 0.15) is 10.6 Å². The van der Waals surface area contributed by atoms with Crippen molar-refractivity contribution in [3.63, 3.8) is 0 Å². The van der Waals surface area contributed by atoms with E-state index < -0.39 is 0 Å². The summed E-state index contributed by atoms with van der Waals surface area (Å²) in [7, 11) is 0. The fraction of sp³-hybridized carbons (Fsp3) is 0.133. The third kappa shape index (κ3) is 4.81. The van der Waals surface area contributed by atoms with Gasteiger partial charge in [0.2, 0.25) is 0 Å². The van der Waals surface area contributed by atoms with Gasteiger partial charge in [0, 0.05) is 15.9 Å². The van der Waals surface area contributed by atoms with Crippen LogP contribution in [0.15, 0.2) is 102 Å². The summed E-state index contributed by atoms with van der Waals surface area (Å²) in [6, 6.07) is 31.9. The largest absolute Gasteiger partial charge is 0.383 e. The second-order valence-corrected chi connectivity index (χ2v) is 12.0. The molecule has 2 atom stereocenters. The highest BCUT2D eigenvalue weighted by atomic mass is 32.2. The fourth-order valence-corrected chi connectivity index (χ4v) is 8.35. The van der Waals surface area contributed by atoms with Gasteiger partial charge in [-0.2, -0.15) is 0 Å². The Balaban J connectivity index is 1.34. The topological polar surface area (TPSA) is 51.8 Å². The Hall–Kier alpha value is -3.06. The van der Waals surface area contributed by atoms with Gasteiger partial charge < -0.3 is 5.73 Å². The molecule has 3 nitrogen and oxygen atoms in total. The van der Waals surface area contributed by atoms with Crippen molar-refractivity contribution in [2.75, 3.05) is 11.5 Å². The Kier molecular flexibility index (Phi) is 6.81. The molecule has 3 aromatic carbocycles. The molecule has 0 bridgehead atoms. The van der Waals surface area contributed by atoms with Crippen molar-refractivity contribution in [3.8, 4) is 0 Å². The quantitative estimate of drug-likeness (QED) is 0.180. The van der Waals surface area contributed by atoms with Gasteiger partial charge in [-0.3, -0.25) is 0 Å². The molecule has 6 heteroatoms. The number of fused-ring (bicyclic) bond motifs is 3. The molecule has 0 aliphatic carbocycles. The van der Waals surface area contributed by atoms with Crippen LogP contribution in [0.25, 0.3) is 16.3 Å². The van der Waals surface area contributed by atoms with Gasteiger partial charge in [-0.25, -0.2) is 9.97 Å². The summed E-state index contributed by atoms with van der Waals surface area (Å²) in [5.74, 6) is 1.39. The molecule has 2 aromatic heterocycles. The van der Waals surface area contributed by atoms with E-state index in [1.54, 1.807) is 23.1 Å². The molecule has 2 unspecified atom stereocenters. The van der Waals surface area contributed by atoms with E-state index in [4.69, 9.17) is 15.7 Å². The van der Waals surface area contributed by atoms with Crippen LogP contribution in [-0.2, 0) is 6.42 Å². The maximum Gasteiger partial charge on any atom is 0.191 e. The second kappa shape index (κ2) is 10.5. The molecule has 5 aromatic rings. The van der Waals surface area contributed by atoms with E-state index in [9.17, 15) is 0 Å². The summed E-state index contributed by atoms with van der Waals surface area (Å²) < 4.78 is 0. The lowest BCUT2D eigenvalue weighted by molar-refractivity contribution is 0.893. The lowest BCUT2D eigenvalue weighted by atomic mass is 9.98. The molecule has 1 aliphatic rings. The van der Waals surface area contributed by atoms with Gasteiger partial charge in [0.25, 0.3) is 0 Å². The lowest BCUT2D eigenvalue weighted by Gasteiger charge is -2.30. The van der Waals surface area contributed by atoms with Gasteiger partial charge >= 0.3 is 0 Å². The predicted molar refractivity (Wildman–Crippen MR) is 157 cm³/mol. The normalized spacial score (nSPS) is 17.4. The van der Waals surface area contributed by atoms with Crippen LogP contribution in [0.3, 0.4) is 0 Å². The minimum absolute atomic E-state index is 0.253. The minimum atomic E-state index is 0.253. The lowest BCUT2D eigenvalue weighted by Crippen LogP contribution is -2.12. The first-order valence-corrected chi connectivity index (χ1v) is 14.7. The molecular weight excluding hydrogens is 499 g/mol. The maximum absolute atomic E-state index is 6.61. The number of benzene rings is 3. The number of thiophene rings is 1. The van der Waals surface area contributed by atoms with Crippen molar-refractivity contribution in [2.24, 2.45) is 0 Å². The van der Waals surface area contributed by atoms with Crippen LogP contribution in [0.5, 0.6) is 0 Å². The maximum atomic E-state index is 6.61. The van der Waals surface area contributed by atoms with Crippen molar-refractivity contribution < 1.29 is 0 Å². The van der Waals surface area contributed by atoms with E-state index in [2.05, 4.69) is 84.9 Å². The highest BCUT2D eigenvalue weighted by molar-refractivity contribution is 8.00. The number of aromatic nitrogens is 2. The molecule has 2 N–H and O–H groups in total. The third-order valence-corrected chi connectivity index (χ3v) is 10.00. The molecule has 178 valence electrons. The van der Waals surface area contributed by atoms with Gasteiger partial charge in [0.15, 0.2) is 5.16 Å². The Bertz CT molecular complexity index is 1500. The molecule has 1 aliphatic heterocycles. The molecule has 0 fully saturated rings. The zero-order chi connectivity index (χ0) is 24.3. The molecule has 0 saturated carbocycles. The summed E-state index contributed by atoms with van der Waals surface area (Å²) in [6.45, 7) is 0. The molecule has 0 spiro atoms. The van der Waals surface area contributed by atoms with Gasteiger partial charge in [-0.15, -0.1) is 23.1 Å². The van der Waals surface area contributed by atoms with E-state index >= 15 is 0 Å². The van der Waals surface area contributed by atoms with E-state index in [1.165, 1.54) is 27.1 Å². The Labute approximate surface area is 223 Å². The first-order chi connectivity index (χ1) is 17.8. The number of hydrogen-bond acceptors (Lipinski definition) is 6. The average Bonchev–Trinajstić information content (AvgIpc) is 3.31. The summed E-state index contributed by atoms with van der Waals surface area (Å²) in [5.41, 5.74) is 11.8. The summed E-state index contributed by atoms with van der Waals surface area (Å²) >= 11 is 5.43. The van der Waals surface area contributed by atoms with Crippen LogP contribution in [0.4, 0.5) is 5.82 Å². The fourth-order valence-electron chi connectivity index (χ4n) is 4.61. The third-order valence-electron chi connectivity index (χ3n) is 6.31. The highest BCUT2D eigenvalue weighted by Gasteiger charge is 2.34. The van der Waals surface area contributed by atoms with E-state index in [-0.39, 0.29) is 5.25 Å². The molecular formula is C30H25N3S3. The molecule has 0 amide bonds. The average molecular weight is 524 g/mol. The number of thioether (sulfide) groups is 2. The number of nitrogens with zero attached hydrogens (tertiary/aromatic N) is 2. The summed E-state index contributed by atoms with van der Waals surface area (Å²) in [4.78, 5) is 12.0. The van der Waals surface area contributed by atoms with Gasteiger partial charge in [-0.05, 0) is 28.7 Å². The monoisotopic (exact) mass is 523 g/mol. The number of hydrogen-bond donors (Lipinski definition) is 1. The van der Waals surface area contributed by atoms with Crippen molar-refractivity contribution in [2.45, 2.75) is 22.1 Å². The van der Waals surface area contributed by atoms with Crippen LogP contribution in [0.2, 0.25) is 0 Å². The first kappa shape index (κ1) is 23.3. The van der Waals surface area contributed by atoms with Crippen LogP contribution >= 0.6 is 34.9 Å². The number of nitrogen functional groups attached to an aromatic ring is 1. The number of nitrogens with two attached hydrogens (primary N) is 1. The first-order valence-electron chi connectivity index (χ1n) is 11.9. The van der Waals surface area contributed by atoms with E-state index in [1.807, 2.05) is 30.0 Å². The van der Waals surface area contributed by atoms with Crippen molar-refractivity contribution in [1.82, 2.24) is 9.97 Å². The predicted octanol–water partition coefficient (Wildman–Crippen LogP) is 8.20. The Morgan fingerprint density at radius 3 is 2.25 bits per heavy atom. The second-order valence-electron chi connectivity index (χ2n) is 8.67. The molecule has 0 radical (unpaired) electrons. The molecule has 36 heavy (non-hydrogen) atoms. The number of anilines is 1. The Morgan fingerprint density at radius 2 is 1.53 bits per heavy atom. The molecule has 6 rings (SSSR count). The van der Waals surface area contributed by atoms with Crippen LogP contribution in [0, 0.1) is 0 Å². The van der Waals surface area contributed by atoms with Gasteiger partial charge in [-0.1, -0.05) is 115 Å². The Morgan fingerprint density at radius 1 is 0.861 bits per heavy atom. The van der Waals surface area contributed by atoms with Crippen molar-refractivity contribution in [1.29, 1.82) is 0 Å². The SMILES string of the molecule is Nc1nc(SC/C=C/c2ccccc2)nc2sc3c(c12)CC(c1ccccc1)SC3c1ccccc1. The molecule has 3 heterocycles. The summed E-state index contributed by atoms with van der Waals surface area (Å²) in [5, 5.41) is 2.39. The van der Waals surface area contributed by atoms with Crippen molar-refractivity contribution in [3.05, 3.63) is 124 Å². The van der Waals surface area contributed by atoms with Crippen molar-refractivity contribution >= 4 is 57.0 Å². The zero-order valence-corrected chi connectivity index (χ0v) is 22.0. The van der Waals surface area contributed by atoms with Gasteiger partial charge in [0.05, 0.1) is 10.6 Å². The van der Waals surface area contributed by atoms with Crippen LogP contribution in [0.1, 0.15) is 37.6 Å².